The van der Waals surface area contributed by atoms with Crippen molar-refractivity contribution in [3.05, 3.63) is 36.5 Å². The number of rotatable bonds is 45. The number of aliphatic carboxylic acids is 1. The van der Waals surface area contributed by atoms with Gasteiger partial charge in [0.15, 0.2) is 24.6 Å². The molecule has 0 aliphatic carbocycles. The number of hydrogen-bond donors (Lipinski definition) is 3. The minimum Gasteiger partial charge on any atom is -0.479 e. The molecule has 6 atom stereocenters. The summed E-state index contributed by atoms with van der Waals surface area (Å²) in [5.74, 6) is -3.14. The fraction of sp³-hybridized carbons (Fsp3) is 0.818. The van der Waals surface area contributed by atoms with Gasteiger partial charge in [-0.25, -0.2) is 4.79 Å². The molecule has 1 fully saturated rings. The molecule has 12 heteroatoms. The lowest BCUT2D eigenvalue weighted by molar-refractivity contribution is -0.301. The molecule has 1 heterocycles. The molecule has 1 aliphatic heterocycles. The van der Waals surface area contributed by atoms with E-state index in [1.165, 1.54) is 96.3 Å². The maximum atomic E-state index is 13.0. The zero-order chi connectivity index (χ0) is 49.0. The number of aliphatic hydroxyl groups excluding tert-OH is 2. The summed E-state index contributed by atoms with van der Waals surface area (Å²) in [5, 5.41) is 31.3. The van der Waals surface area contributed by atoms with E-state index in [0.717, 1.165) is 83.5 Å². The second kappa shape index (κ2) is 44.2. The highest BCUT2D eigenvalue weighted by Gasteiger charge is 2.50. The van der Waals surface area contributed by atoms with E-state index in [4.69, 9.17) is 23.7 Å². The van der Waals surface area contributed by atoms with Crippen molar-refractivity contribution in [2.45, 2.75) is 276 Å². The van der Waals surface area contributed by atoms with Crippen molar-refractivity contribution in [2.24, 2.45) is 0 Å². The lowest BCUT2D eigenvalue weighted by atomic mass is 9.98. The summed E-state index contributed by atoms with van der Waals surface area (Å²) in [4.78, 5) is 50.8. The van der Waals surface area contributed by atoms with E-state index in [1.807, 2.05) is 0 Å². The van der Waals surface area contributed by atoms with E-state index in [9.17, 15) is 34.5 Å². The number of carboxylic acid groups (broad SMARTS) is 1. The van der Waals surface area contributed by atoms with Gasteiger partial charge in [0.05, 0.1) is 6.61 Å². The third-order valence-corrected chi connectivity index (χ3v) is 12.2. The van der Waals surface area contributed by atoms with Crippen molar-refractivity contribution in [2.75, 3.05) is 13.2 Å². The Bertz CT molecular complexity index is 1310. The maximum absolute atomic E-state index is 13.0. The smallest absolute Gasteiger partial charge is 0.335 e. The molecular formula is C55H96O12. The van der Waals surface area contributed by atoms with Gasteiger partial charge in [-0.1, -0.05) is 205 Å². The van der Waals surface area contributed by atoms with Gasteiger partial charge >= 0.3 is 23.9 Å². The Kier molecular flexibility index (Phi) is 40.8. The van der Waals surface area contributed by atoms with Gasteiger partial charge < -0.3 is 39.0 Å². The summed E-state index contributed by atoms with van der Waals surface area (Å²) in [5.41, 5.74) is 0. The first-order valence-corrected chi connectivity index (χ1v) is 27.0. The largest absolute Gasteiger partial charge is 0.479 e. The van der Waals surface area contributed by atoms with E-state index in [2.05, 4.69) is 57.2 Å². The molecule has 1 saturated heterocycles. The average Bonchev–Trinajstić information content (AvgIpc) is 3.31. The van der Waals surface area contributed by atoms with Crippen LogP contribution in [0.5, 0.6) is 0 Å². The number of carbonyl (C=O) groups is 4. The molecule has 0 radical (unpaired) electrons. The molecule has 0 spiro atoms. The van der Waals surface area contributed by atoms with E-state index < -0.39 is 67.3 Å². The summed E-state index contributed by atoms with van der Waals surface area (Å²) in [7, 11) is 0. The first-order valence-electron chi connectivity index (χ1n) is 27.0. The van der Waals surface area contributed by atoms with Crippen molar-refractivity contribution in [3.63, 3.8) is 0 Å². The molecule has 0 aromatic heterocycles. The van der Waals surface area contributed by atoms with Gasteiger partial charge in [0, 0.05) is 19.3 Å². The summed E-state index contributed by atoms with van der Waals surface area (Å²) >= 11 is 0. The third-order valence-electron chi connectivity index (χ3n) is 12.2. The lowest BCUT2D eigenvalue weighted by Gasteiger charge is -2.40. The van der Waals surface area contributed by atoms with Gasteiger partial charge in [0.25, 0.3) is 0 Å². The number of carboxylic acids is 1. The first-order chi connectivity index (χ1) is 32.6. The van der Waals surface area contributed by atoms with Crippen LogP contribution in [0.3, 0.4) is 0 Å². The Hall–Kier alpha value is -3.06. The van der Waals surface area contributed by atoms with Crippen LogP contribution in [0.1, 0.15) is 239 Å². The number of carbonyl (C=O) groups excluding carboxylic acids is 3. The van der Waals surface area contributed by atoms with E-state index in [-0.39, 0.29) is 25.9 Å². The molecule has 0 bridgehead atoms. The van der Waals surface area contributed by atoms with Gasteiger partial charge in [-0.2, -0.15) is 0 Å². The van der Waals surface area contributed by atoms with Gasteiger partial charge in [-0.15, -0.1) is 0 Å². The lowest BCUT2D eigenvalue weighted by Crippen LogP contribution is -2.61. The molecule has 0 amide bonds. The topological polar surface area (TPSA) is 175 Å². The van der Waals surface area contributed by atoms with E-state index in [0.29, 0.717) is 19.3 Å². The molecule has 67 heavy (non-hydrogen) atoms. The number of unbranched alkanes of at least 4 members (excludes halogenated alkanes) is 25. The summed E-state index contributed by atoms with van der Waals surface area (Å²) < 4.78 is 28.3. The van der Waals surface area contributed by atoms with Gasteiger partial charge in [0.1, 0.15) is 18.8 Å². The Morgan fingerprint density at radius 2 is 0.940 bits per heavy atom. The van der Waals surface area contributed by atoms with Crippen LogP contribution in [0, 0.1) is 0 Å². The van der Waals surface area contributed by atoms with Crippen LogP contribution in [0.15, 0.2) is 36.5 Å². The number of aliphatic hydroxyl groups is 2. The van der Waals surface area contributed by atoms with Gasteiger partial charge in [-0.3, -0.25) is 14.4 Å². The number of allylic oxidation sites excluding steroid dienone is 6. The predicted octanol–water partition coefficient (Wildman–Crippen LogP) is 12.9. The molecule has 0 aromatic carbocycles. The Morgan fingerprint density at radius 1 is 0.507 bits per heavy atom. The maximum Gasteiger partial charge on any atom is 0.335 e. The monoisotopic (exact) mass is 949 g/mol. The van der Waals surface area contributed by atoms with Crippen LogP contribution < -0.4 is 0 Å². The standard InChI is InChI=1S/C55H96O12/c1-4-7-10-13-16-19-22-24-27-29-32-35-38-41-47(56)63-44-46(65-48(57)42-39-36-33-30-26-21-18-15-12-9-6-3)45-64-55-53(51(60)50(59)52(67-55)54(61)62)66-49(58)43-40-37-34-31-28-25-23-20-17-14-11-8-5-2/h7,10,16,19,24,27,46,50-53,55,59-60H,4-6,8-9,11-15,17-18,20-23,25-26,28-45H2,1-3H3,(H,61,62)/b10-7-,19-16-,27-24-. The highest BCUT2D eigenvalue weighted by atomic mass is 16.7. The van der Waals surface area contributed by atoms with Crippen LogP contribution in [0.25, 0.3) is 0 Å². The van der Waals surface area contributed by atoms with Crippen molar-refractivity contribution in [1.82, 2.24) is 0 Å². The highest BCUT2D eigenvalue weighted by Crippen LogP contribution is 2.26. The number of ether oxygens (including phenoxy) is 5. The van der Waals surface area contributed by atoms with Crippen molar-refractivity contribution < 1.29 is 58.2 Å². The number of hydrogen-bond acceptors (Lipinski definition) is 11. The van der Waals surface area contributed by atoms with E-state index >= 15 is 0 Å². The molecule has 12 nitrogen and oxygen atoms in total. The van der Waals surface area contributed by atoms with Crippen LogP contribution in [-0.4, -0.2) is 89.2 Å². The molecule has 6 unspecified atom stereocenters. The van der Waals surface area contributed by atoms with Crippen LogP contribution in [0.4, 0.5) is 0 Å². The minimum atomic E-state index is -1.90. The molecule has 1 aliphatic rings. The number of esters is 3. The van der Waals surface area contributed by atoms with E-state index in [1.54, 1.807) is 0 Å². The van der Waals surface area contributed by atoms with Crippen molar-refractivity contribution in [1.29, 1.82) is 0 Å². The molecule has 388 valence electrons. The zero-order valence-electron chi connectivity index (χ0n) is 42.4. The average molecular weight is 949 g/mol. The second-order valence-electron chi connectivity index (χ2n) is 18.5. The molecule has 1 rings (SSSR count). The summed E-state index contributed by atoms with van der Waals surface area (Å²) in [6, 6.07) is 0. The molecular weight excluding hydrogens is 853 g/mol. The van der Waals surface area contributed by atoms with Crippen LogP contribution in [-0.2, 0) is 42.9 Å². The Morgan fingerprint density at radius 3 is 1.43 bits per heavy atom. The minimum absolute atomic E-state index is 0.0626. The summed E-state index contributed by atoms with van der Waals surface area (Å²) in [6.45, 7) is 5.83. The first kappa shape index (κ1) is 62.0. The quantitative estimate of drug-likeness (QED) is 0.0228. The van der Waals surface area contributed by atoms with Crippen molar-refractivity contribution >= 4 is 23.9 Å². The van der Waals surface area contributed by atoms with Crippen LogP contribution >= 0.6 is 0 Å². The third kappa shape index (κ3) is 34.8. The van der Waals surface area contributed by atoms with Gasteiger partial charge in [-0.05, 0) is 51.4 Å². The zero-order valence-corrected chi connectivity index (χ0v) is 42.4. The predicted molar refractivity (Wildman–Crippen MR) is 266 cm³/mol. The fourth-order valence-electron chi connectivity index (χ4n) is 8.09. The van der Waals surface area contributed by atoms with Crippen LogP contribution in [0.2, 0.25) is 0 Å². The van der Waals surface area contributed by atoms with Crippen molar-refractivity contribution in [3.8, 4) is 0 Å². The highest BCUT2D eigenvalue weighted by molar-refractivity contribution is 5.74. The Balaban J connectivity index is 2.73. The molecule has 0 saturated carbocycles. The van der Waals surface area contributed by atoms with Gasteiger partial charge in [0.2, 0.25) is 0 Å². The Labute approximate surface area is 406 Å². The molecule has 3 N–H and O–H groups in total. The normalized spacial score (nSPS) is 19.1. The second-order valence-corrected chi connectivity index (χ2v) is 18.5. The summed E-state index contributed by atoms with van der Waals surface area (Å²) in [6.07, 6.45) is 37.0. The fourth-order valence-corrected chi connectivity index (χ4v) is 8.09. The SMILES string of the molecule is CC/C=C\C/C=C\C/C=C\CCCCCC(=O)OCC(COC1OC(C(=O)O)C(O)C(O)C1OC(=O)CCCCCCCCCCCCCCC)OC(=O)CCCCCCCCCCCCC. The molecule has 0 aromatic rings.